The number of carbonyl (C=O) groups is 1. The van der Waals surface area contributed by atoms with Crippen LogP contribution in [0.4, 0.5) is 0 Å². The van der Waals surface area contributed by atoms with Crippen molar-refractivity contribution >= 4 is 40.7 Å². The molecule has 1 atom stereocenters. The molecule has 0 unspecified atom stereocenters. The number of halogens is 2. The molecule has 0 saturated carbocycles. The van der Waals surface area contributed by atoms with Crippen LogP contribution in [0.5, 0.6) is 0 Å². The fourth-order valence-electron chi connectivity index (χ4n) is 0.730. The molecule has 1 heterocycles. The average Bonchev–Trinajstić information content (AvgIpc) is 2.55. The molecule has 0 saturated heterocycles. The van der Waals surface area contributed by atoms with Crippen molar-refractivity contribution in [3.05, 3.63) is 15.1 Å². The lowest BCUT2D eigenvalue weighted by Gasteiger charge is -2.08. The van der Waals surface area contributed by atoms with Crippen LogP contribution in [-0.2, 0) is 20.9 Å². The van der Waals surface area contributed by atoms with Gasteiger partial charge in [0.1, 0.15) is 6.61 Å². The van der Waals surface area contributed by atoms with Crippen molar-refractivity contribution in [3.8, 4) is 0 Å². The summed E-state index contributed by atoms with van der Waals surface area (Å²) in [6.45, 7) is 1.67. The van der Waals surface area contributed by atoms with Crippen molar-refractivity contribution in [1.82, 2.24) is 4.37 Å². The number of esters is 1. The van der Waals surface area contributed by atoms with E-state index in [2.05, 4.69) is 4.37 Å². The molecule has 0 aliphatic heterocycles. The van der Waals surface area contributed by atoms with Gasteiger partial charge in [0.25, 0.3) is 0 Å². The van der Waals surface area contributed by atoms with E-state index in [4.69, 9.17) is 32.7 Å². The summed E-state index contributed by atoms with van der Waals surface area (Å²) >= 11 is 12.5. The van der Waals surface area contributed by atoms with E-state index in [1.165, 1.54) is 7.11 Å². The quantitative estimate of drug-likeness (QED) is 0.789. The number of carbonyl (C=O) groups excluding carboxylic acids is 1. The predicted octanol–water partition coefficient (Wildman–Crippen LogP) is 2.53. The van der Waals surface area contributed by atoms with Crippen LogP contribution >= 0.6 is 34.7 Å². The molecule has 7 heteroatoms. The van der Waals surface area contributed by atoms with Crippen LogP contribution in [0, 0.1) is 0 Å². The monoisotopic (exact) mass is 269 g/mol. The number of nitrogens with zero attached hydrogens (tertiary/aromatic N) is 1. The Kier molecular flexibility index (Phi) is 4.79. The Labute approximate surface area is 101 Å². The SMILES string of the molecule is CO[C@H](C)C(=O)OCc1snc(Cl)c1Cl. The molecule has 0 aromatic carbocycles. The topological polar surface area (TPSA) is 48.4 Å². The van der Waals surface area contributed by atoms with E-state index in [1.54, 1.807) is 6.92 Å². The third kappa shape index (κ3) is 3.31. The third-order valence-corrected chi connectivity index (χ3v) is 3.50. The molecule has 1 aromatic heterocycles. The van der Waals surface area contributed by atoms with Crippen LogP contribution in [0.3, 0.4) is 0 Å². The van der Waals surface area contributed by atoms with Crippen molar-refractivity contribution in [2.24, 2.45) is 0 Å². The molecule has 0 aliphatic rings. The van der Waals surface area contributed by atoms with E-state index in [0.717, 1.165) is 11.5 Å². The molecule has 1 aromatic rings. The van der Waals surface area contributed by atoms with Gasteiger partial charge in [0, 0.05) is 7.11 Å². The lowest BCUT2D eigenvalue weighted by molar-refractivity contribution is -0.155. The maximum atomic E-state index is 11.2. The predicted molar refractivity (Wildman–Crippen MR) is 58.4 cm³/mol. The fourth-order valence-corrected chi connectivity index (χ4v) is 1.82. The molecule has 0 aliphatic carbocycles. The van der Waals surface area contributed by atoms with Crippen LogP contribution in [0.2, 0.25) is 10.2 Å². The minimum Gasteiger partial charge on any atom is -0.458 e. The van der Waals surface area contributed by atoms with Crippen LogP contribution in [-0.4, -0.2) is 23.6 Å². The lowest BCUT2D eigenvalue weighted by Crippen LogP contribution is -2.21. The summed E-state index contributed by atoms with van der Waals surface area (Å²) in [7, 11) is 1.43. The van der Waals surface area contributed by atoms with Gasteiger partial charge >= 0.3 is 5.97 Å². The highest BCUT2D eigenvalue weighted by Crippen LogP contribution is 2.28. The molecule has 84 valence electrons. The molecule has 1 rings (SSSR count). The minimum absolute atomic E-state index is 0.0652. The van der Waals surface area contributed by atoms with E-state index < -0.39 is 12.1 Å². The largest absolute Gasteiger partial charge is 0.458 e. The maximum Gasteiger partial charge on any atom is 0.335 e. The Bertz CT molecular complexity index is 356. The summed E-state index contributed by atoms with van der Waals surface area (Å²) < 4.78 is 13.5. The van der Waals surface area contributed by atoms with Gasteiger partial charge in [-0.3, -0.25) is 0 Å². The second-order valence-electron chi connectivity index (χ2n) is 2.70. The highest BCUT2D eigenvalue weighted by Gasteiger charge is 2.16. The van der Waals surface area contributed by atoms with Gasteiger partial charge in [-0.25, -0.2) is 4.79 Å². The van der Waals surface area contributed by atoms with Crippen molar-refractivity contribution < 1.29 is 14.3 Å². The highest BCUT2D eigenvalue weighted by molar-refractivity contribution is 7.06. The van der Waals surface area contributed by atoms with E-state index in [9.17, 15) is 4.79 Å². The normalized spacial score (nSPS) is 12.5. The average molecular weight is 270 g/mol. The Morgan fingerprint density at radius 2 is 2.27 bits per heavy atom. The summed E-state index contributed by atoms with van der Waals surface area (Å²) in [5.74, 6) is -0.446. The molecule has 0 radical (unpaired) electrons. The molecule has 0 fully saturated rings. The van der Waals surface area contributed by atoms with Crippen molar-refractivity contribution in [1.29, 1.82) is 0 Å². The molecule has 0 amide bonds. The summed E-state index contributed by atoms with van der Waals surface area (Å²) in [5, 5.41) is 0.562. The molecule has 15 heavy (non-hydrogen) atoms. The van der Waals surface area contributed by atoms with Gasteiger partial charge in [-0.15, -0.1) is 0 Å². The second kappa shape index (κ2) is 5.65. The van der Waals surface area contributed by atoms with Gasteiger partial charge in [-0.05, 0) is 18.5 Å². The van der Waals surface area contributed by atoms with Crippen LogP contribution in [0.25, 0.3) is 0 Å². The Hall–Kier alpha value is -0.360. The molecule has 4 nitrogen and oxygen atoms in total. The number of hydrogen-bond acceptors (Lipinski definition) is 5. The minimum atomic E-state index is -0.591. The van der Waals surface area contributed by atoms with Gasteiger partial charge in [0.05, 0.1) is 9.90 Å². The standard InChI is InChI=1S/C8H9Cl2NO3S/c1-4(13-2)8(12)14-3-5-6(9)7(10)11-15-5/h4H,3H2,1-2H3/t4-/m1/s1. The molecular weight excluding hydrogens is 261 g/mol. The van der Waals surface area contributed by atoms with E-state index in [1.807, 2.05) is 0 Å². The van der Waals surface area contributed by atoms with Crippen LogP contribution in [0.15, 0.2) is 0 Å². The second-order valence-corrected chi connectivity index (χ2v) is 4.29. The zero-order valence-corrected chi connectivity index (χ0v) is 10.4. The van der Waals surface area contributed by atoms with Gasteiger partial charge in [0.2, 0.25) is 0 Å². The Balaban J connectivity index is 2.51. The van der Waals surface area contributed by atoms with Gasteiger partial charge in [-0.2, -0.15) is 4.37 Å². The Morgan fingerprint density at radius 3 is 2.73 bits per heavy atom. The van der Waals surface area contributed by atoms with Crippen LogP contribution in [0.1, 0.15) is 11.8 Å². The first-order chi connectivity index (χ1) is 7.06. The molecular formula is C8H9Cl2NO3S. The number of hydrogen-bond donors (Lipinski definition) is 0. The van der Waals surface area contributed by atoms with Gasteiger partial charge in [0.15, 0.2) is 11.3 Å². The molecule has 0 N–H and O–H groups in total. The van der Waals surface area contributed by atoms with Crippen LogP contribution < -0.4 is 0 Å². The zero-order valence-electron chi connectivity index (χ0n) is 8.12. The van der Waals surface area contributed by atoms with E-state index in [-0.39, 0.29) is 11.8 Å². The van der Waals surface area contributed by atoms with Crippen molar-refractivity contribution in [2.75, 3.05) is 7.11 Å². The molecule has 0 spiro atoms. The first-order valence-electron chi connectivity index (χ1n) is 4.05. The number of aromatic nitrogens is 1. The number of methoxy groups -OCH3 is 1. The van der Waals surface area contributed by atoms with Gasteiger partial charge < -0.3 is 9.47 Å². The summed E-state index contributed by atoms with van der Waals surface area (Å²) in [4.78, 5) is 11.8. The summed E-state index contributed by atoms with van der Waals surface area (Å²) in [5.41, 5.74) is 0. The third-order valence-electron chi connectivity index (χ3n) is 1.69. The first-order valence-corrected chi connectivity index (χ1v) is 5.58. The maximum absolute atomic E-state index is 11.2. The zero-order chi connectivity index (χ0) is 11.4. The van der Waals surface area contributed by atoms with Crippen molar-refractivity contribution in [2.45, 2.75) is 19.6 Å². The molecule has 0 bridgehead atoms. The van der Waals surface area contributed by atoms with E-state index >= 15 is 0 Å². The highest BCUT2D eigenvalue weighted by atomic mass is 35.5. The van der Waals surface area contributed by atoms with Crippen molar-refractivity contribution in [3.63, 3.8) is 0 Å². The first kappa shape index (κ1) is 12.7. The van der Waals surface area contributed by atoms with E-state index in [0.29, 0.717) is 9.90 Å². The number of rotatable bonds is 4. The summed E-state index contributed by atoms with van der Waals surface area (Å²) in [6.07, 6.45) is -0.591. The Morgan fingerprint density at radius 1 is 1.60 bits per heavy atom. The fraction of sp³-hybridized carbons (Fsp3) is 0.500. The lowest BCUT2D eigenvalue weighted by atomic mass is 10.4. The number of ether oxygens (including phenoxy) is 2. The van der Waals surface area contributed by atoms with Gasteiger partial charge in [-0.1, -0.05) is 23.2 Å². The summed E-state index contributed by atoms with van der Waals surface area (Å²) in [6, 6.07) is 0. The smallest absolute Gasteiger partial charge is 0.335 e.